The smallest absolute Gasteiger partial charge is 0.190 e. The van der Waals surface area contributed by atoms with E-state index in [1.807, 2.05) is 7.05 Å². The Morgan fingerprint density at radius 2 is 1.96 bits per heavy atom. The standard InChI is InChI=1S/C17H34N4O2/c1-18-17(19-8-2-3-10-21-11-4-5-12-21)20-9-6-13-23-16-7-14-22-15-16/h16H,2-15H2,1H3,(H2,18,19,20). The maximum atomic E-state index is 5.75. The van der Waals surface area contributed by atoms with Crippen molar-refractivity contribution in [2.24, 2.45) is 4.99 Å². The minimum Gasteiger partial charge on any atom is -0.379 e. The summed E-state index contributed by atoms with van der Waals surface area (Å²) in [6.45, 7) is 8.11. The number of likely N-dealkylation sites (tertiary alicyclic amines) is 1. The van der Waals surface area contributed by atoms with Crippen molar-refractivity contribution in [3.05, 3.63) is 0 Å². The van der Waals surface area contributed by atoms with Crippen LogP contribution in [0.15, 0.2) is 4.99 Å². The van der Waals surface area contributed by atoms with Gasteiger partial charge in [0.25, 0.3) is 0 Å². The van der Waals surface area contributed by atoms with Gasteiger partial charge in [-0.25, -0.2) is 0 Å². The highest BCUT2D eigenvalue weighted by Gasteiger charge is 2.15. The summed E-state index contributed by atoms with van der Waals surface area (Å²) < 4.78 is 11.0. The largest absolute Gasteiger partial charge is 0.379 e. The van der Waals surface area contributed by atoms with Gasteiger partial charge in [-0.2, -0.15) is 0 Å². The number of unbranched alkanes of at least 4 members (excludes halogenated alkanes) is 1. The predicted octanol–water partition coefficient (Wildman–Crippen LogP) is 1.22. The van der Waals surface area contributed by atoms with Gasteiger partial charge >= 0.3 is 0 Å². The molecule has 0 aromatic carbocycles. The quantitative estimate of drug-likeness (QED) is 0.359. The third-order valence-electron chi connectivity index (χ3n) is 4.47. The average molecular weight is 326 g/mol. The summed E-state index contributed by atoms with van der Waals surface area (Å²) in [5.74, 6) is 0.898. The number of hydrogen-bond donors (Lipinski definition) is 2. The number of aliphatic imine (C=N–C) groups is 1. The number of hydrogen-bond acceptors (Lipinski definition) is 4. The Kier molecular flexibility index (Phi) is 9.36. The van der Waals surface area contributed by atoms with Crippen molar-refractivity contribution in [3.8, 4) is 0 Å². The lowest BCUT2D eigenvalue weighted by atomic mass is 10.3. The molecule has 0 spiro atoms. The Hall–Kier alpha value is -0.850. The molecule has 2 rings (SSSR count). The highest BCUT2D eigenvalue weighted by atomic mass is 16.5. The van der Waals surface area contributed by atoms with Gasteiger partial charge in [0.05, 0.1) is 12.7 Å². The second-order valence-corrected chi connectivity index (χ2v) is 6.39. The number of nitrogens with one attached hydrogen (secondary N) is 2. The van der Waals surface area contributed by atoms with E-state index < -0.39 is 0 Å². The molecular formula is C17H34N4O2. The van der Waals surface area contributed by atoms with E-state index in [1.54, 1.807) is 0 Å². The number of rotatable bonds is 10. The first kappa shape index (κ1) is 18.5. The normalized spacial score (nSPS) is 22.7. The van der Waals surface area contributed by atoms with Gasteiger partial charge in [0.15, 0.2) is 5.96 Å². The number of nitrogens with zero attached hydrogens (tertiary/aromatic N) is 2. The van der Waals surface area contributed by atoms with E-state index in [-0.39, 0.29) is 0 Å². The van der Waals surface area contributed by atoms with Crippen molar-refractivity contribution >= 4 is 5.96 Å². The van der Waals surface area contributed by atoms with Gasteiger partial charge in [-0.15, -0.1) is 0 Å². The van der Waals surface area contributed by atoms with Gasteiger partial charge in [-0.3, -0.25) is 4.99 Å². The molecule has 0 aliphatic carbocycles. The van der Waals surface area contributed by atoms with Crippen LogP contribution in [0, 0.1) is 0 Å². The van der Waals surface area contributed by atoms with Gasteiger partial charge in [0.1, 0.15) is 0 Å². The molecule has 2 aliphatic heterocycles. The summed E-state index contributed by atoms with van der Waals surface area (Å²) in [4.78, 5) is 6.83. The molecule has 2 fully saturated rings. The number of ether oxygens (including phenoxy) is 2. The SMILES string of the molecule is CN=C(NCCCCN1CCCC1)NCCCOC1CCOC1. The van der Waals surface area contributed by atoms with E-state index in [0.29, 0.717) is 6.10 Å². The van der Waals surface area contributed by atoms with Crippen LogP contribution >= 0.6 is 0 Å². The molecule has 2 aliphatic rings. The maximum Gasteiger partial charge on any atom is 0.190 e. The number of guanidine groups is 1. The van der Waals surface area contributed by atoms with E-state index in [0.717, 1.165) is 51.7 Å². The zero-order chi connectivity index (χ0) is 16.2. The fraction of sp³-hybridized carbons (Fsp3) is 0.941. The molecule has 2 N–H and O–H groups in total. The Balaban J connectivity index is 1.40. The third kappa shape index (κ3) is 7.99. The minimum atomic E-state index is 0.308. The first-order valence-electron chi connectivity index (χ1n) is 9.24. The fourth-order valence-electron chi connectivity index (χ4n) is 3.07. The summed E-state index contributed by atoms with van der Waals surface area (Å²) in [5.41, 5.74) is 0. The zero-order valence-electron chi connectivity index (χ0n) is 14.7. The van der Waals surface area contributed by atoms with E-state index in [2.05, 4.69) is 20.5 Å². The van der Waals surface area contributed by atoms with Crippen molar-refractivity contribution in [2.45, 2.75) is 44.6 Å². The molecule has 23 heavy (non-hydrogen) atoms. The molecule has 0 radical (unpaired) electrons. The molecule has 134 valence electrons. The van der Waals surface area contributed by atoms with Crippen LogP contribution in [0.5, 0.6) is 0 Å². The Morgan fingerprint density at radius 1 is 1.17 bits per heavy atom. The summed E-state index contributed by atoms with van der Waals surface area (Å²) >= 11 is 0. The van der Waals surface area contributed by atoms with Crippen LogP contribution in [0.4, 0.5) is 0 Å². The summed E-state index contributed by atoms with van der Waals surface area (Å²) in [6, 6.07) is 0. The Bertz CT molecular complexity index is 299. The topological polar surface area (TPSA) is 58.1 Å². The lowest BCUT2D eigenvalue weighted by Gasteiger charge is -2.15. The lowest BCUT2D eigenvalue weighted by Crippen LogP contribution is -2.38. The summed E-state index contributed by atoms with van der Waals surface area (Å²) in [6.07, 6.45) is 7.56. The third-order valence-corrected chi connectivity index (χ3v) is 4.47. The molecular weight excluding hydrogens is 292 g/mol. The van der Waals surface area contributed by atoms with Crippen molar-refractivity contribution < 1.29 is 9.47 Å². The Labute approximate surface area is 141 Å². The second kappa shape index (κ2) is 11.6. The van der Waals surface area contributed by atoms with Crippen LogP contribution in [-0.2, 0) is 9.47 Å². The molecule has 0 amide bonds. The first-order valence-corrected chi connectivity index (χ1v) is 9.24. The first-order chi connectivity index (χ1) is 11.4. The van der Waals surface area contributed by atoms with Gasteiger partial charge in [-0.05, 0) is 58.2 Å². The second-order valence-electron chi connectivity index (χ2n) is 6.39. The molecule has 6 nitrogen and oxygen atoms in total. The Morgan fingerprint density at radius 3 is 2.65 bits per heavy atom. The molecule has 2 heterocycles. The molecule has 1 unspecified atom stereocenters. The van der Waals surface area contributed by atoms with Gasteiger partial charge in [0.2, 0.25) is 0 Å². The molecule has 1 atom stereocenters. The molecule has 0 aromatic heterocycles. The van der Waals surface area contributed by atoms with Crippen molar-refractivity contribution in [3.63, 3.8) is 0 Å². The van der Waals surface area contributed by atoms with Crippen LogP contribution in [0.3, 0.4) is 0 Å². The van der Waals surface area contributed by atoms with Crippen molar-refractivity contribution in [1.82, 2.24) is 15.5 Å². The van der Waals surface area contributed by atoms with E-state index >= 15 is 0 Å². The van der Waals surface area contributed by atoms with Crippen molar-refractivity contribution in [1.29, 1.82) is 0 Å². The van der Waals surface area contributed by atoms with E-state index in [4.69, 9.17) is 9.47 Å². The van der Waals surface area contributed by atoms with Crippen LogP contribution in [0.2, 0.25) is 0 Å². The lowest BCUT2D eigenvalue weighted by molar-refractivity contribution is 0.0420. The van der Waals surface area contributed by atoms with Crippen LogP contribution in [0.25, 0.3) is 0 Å². The van der Waals surface area contributed by atoms with E-state index in [1.165, 1.54) is 45.3 Å². The van der Waals surface area contributed by atoms with Crippen molar-refractivity contribution in [2.75, 3.05) is 59.6 Å². The zero-order valence-corrected chi connectivity index (χ0v) is 14.7. The van der Waals surface area contributed by atoms with Crippen LogP contribution in [-0.4, -0.2) is 76.6 Å². The molecule has 0 aromatic rings. The van der Waals surface area contributed by atoms with Crippen LogP contribution in [0.1, 0.15) is 38.5 Å². The highest BCUT2D eigenvalue weighted by Crippen LogP contribution is 2.08. The molecule has 2 saturated heterocycles. The predicted molar refractivity (Wildman–Crippen MR) is 94.1 cm³/mol. The maximum absolute atomic E-state index is 5.75. The average Bonchev–Trinajstić information content (AvgIpc) is 3.26. The molecule has 6 heteroatoms. The minimum absolute atomic E-state index is 0.308. The van der Waals surface area contributed by atoms with Gasteiger partial charge in [-0.1, -0.05) is 0 Å². The molecule has 0 saturated carbocycles. The van der Waals surface area contributed by atoms with Gasteiger partial charge < -0.3 is 25.0 Å². The van der Waals surface area contributed by atoms with E-state index in [9.17, 15) is 0 Å². The molecule has 0 bridgehead atoms. The monoisotopic (exact) mass is 326 g/mol. The highest BCUT2D eigenvalue weighted by molar-refractivity contribution is 5.79. The van der Waals surface area contributed by atoms with Crippen LogP contribution < -0.4 is 10.6 Å². The summed E-state index contributed by atoms with van der Waals surface area (Å²) in [5, 5.41) is 6.73. The van der Waals surface area contributed by atoms with Gasteiger partial charge in [0, 0.05) is 33.4 Å². The fourth-order valence-corrected chi connectivity index (χ4v) is 3.07. The summed E-state index contributed by atoms with van der Waals surface area (Å²) in [7, 11) is 1.83.